The Bertz CT molecular complexity index is 558. The topological polar surface area (TPSA) is 58.6 Å². The van der Waals surface area contributed by atoms with Gasteiger partial charge in [0, 0.05) is 5.56 Å². The van der Waals surface area contributed by atoms with Gasteiger partial charge in [-0.1, -0.05) is 36.4 Å². The van der Waals surface area contributed by atoms with Crippen molar-refractivity contribution in [1.82, 2.24) is 0 Å². The molecule has 2 N–H and O–H groups in total. The van der Waals surface area contributed by atoms with E-state index in [1.54, 1.807) is 42.5 Å². The predicted octanol–water partition coefficient (Wildman–Crippen LogP) is 3.26. The fourth-order valence-corrected chi connectivity index (χ4v) is 1.55. The normalized spacial score (nSPS) is 11.7. The van der Waals surface area contributed by atoms with Crippen LogP contribution in [0.4, 0.5) is 14.9 Å². The number of rotatable bonds is 3. The number of nitrogens with one attached hydrogen (secondary N) is 1. The lowest BCUT2D eigenvalue weighted by Crippen LogP contribution is -2.18. The van der Waals surface area contributed by atoms with Crippen LogP contribution >= 0.6 is 0 Å². The highest BCUT2D eigenvalue weighted by atomic mass is 19.1. The fraction of sp³-hybridized carbons (Fsp3) is 0.0714. The lowest BCUT2D eigenvalue weighted by Gasteiger charge is -2.11. The maximum atomic E-state index is 12.9. The van der Waals surface area contributed by atoms with Crippen LogP contribution in [0, 0.1) is 0 Å². The van der Waals surface area contributed by atoms with E-state index in [-0.39, 0.29) is 11.3 Å². The second-order valence-electron chi connectivity index (χ2n) is 3.75. The van der Waals surface area contributed by atoms with Crippen LogP contribution in [0.2, 0.25) is 0 Å². The van der Waals surface area contributed by atoms with E-state index in [1.165, 1.54) is 12.1 Å². The fourth-order valence-electron chi connectivity index (χ4n) is 1.55. The van der Waals surface area contributed by atoms with Gasteiger partial charge in [0.25, 0.3) is 0 Å². The molecule has 0 radical (unpaired) electrons. The second kappa shape index (κ2) is 5.97. The molecular weight excluding hydrogens is 249 g/mol. The predicted molar refractivity (Wildman–Crippen MR) is 68.6 cm³/mol. The third kappa shape index (κ3) is 3.53. The highest BCUT2D eigenvalue weighted by Crippen LogP contribution is 2.23. The Morgan fingerprint density at radius 1 is 1.11 bits per heavy atom. The lowest BCUT2D eigenvalue weighted by molar-refractivity contribution is 0.0418. The molecule has 0 bridgehead atoms. The number of anilines is 1. The number of halogens is 1. The monoisotopic (exact) mass is 261 g/mol. The number of carbonyl (C=O) groups is 1. The molecule has 0 saturated heterocycles. The Labute approximate surface area is 109 Å². The van der Waals surface area contributed by atoms with Gasteiger partial charge in [-0.25, -0.2) is 9.18 Å². The average molecular weight is 261 g/mol. The molecule has 1 unspecified atom stereocenters. The molecule has 0 spiro atoms. The second-order valence-corrected chi connectivity index (χ2v) is 3.75. The summed E-state index contributed by atoms with van der Waals surface area (Å²) in [5.74, 6) is 0.373. The molecule has 5 heteroatoms. The van der Waals surface area contributed by atoms with E-state index in [9.17, 15) is 9.18 Å². The highest BCUT2D eigenvalue weighted by molar-refractivity contribution is 5.87. The van der Waals surface area contributed by atoms with Gasteiger partial charge in [0.2, 0.25) is 6.36 Å². The molecule has 98 valence electrons. The van der Waals surface area contributed by atoms with Gasteiger partial charge in [-0.15, -0.1) is 0 Å². The molecule has 1 amide bonds. The van der Waals surface area contributed by atoms with Crippen LogP contribution in [0.15, 0.2) is 54.6 Å². The van der Waals surface area contributed by atoms with Crippen LogP contribution in [-0.2, 0) is 0 Å². The number of aliphatic hydroxyl groups is 1. The maximum Gasteiger partial charge on any atom is 0.417 e. The van der Waals surface area contributed by atoms with E-state index < -0.39 is 12.5 Å². The third-order valence-electron chi connectivity index (χ3n) is 2.41. The van der Waals surface area contributed by atoms with Gasteiger partial charge in [-0.3, -0.25) is 5.32 Å². The molecule has 4 nitrogen and oxygen atoms in total. The van der Waals surface area contributed by atoms with E-state index in [0.29, 0.717) is 5.75 Å². The molecule has 2 aromatic rings. The van der Waals surface area contributed by atoms with Crippen molar-refractivity contribution >= 4 is 11.8 Å². The number of hydrogen-bond donors (Lipinski definition) is 2. The van der Waals surface area contributed by atoms with Crippen molar-refractivity contribution in [2.24, 2.45) is 0 Å². The summed E-state index contributed by atoms with van der Waals surface area (Å²) in [5, 5.41) is 11.3. The van der Waals surface area contributed by atoms with Crippen LogP contribution in [0.25, 0.3) is 0 Å². The van der Waals surface area contributed by atoms with Crippen LogP contribution < -0.4 is 10.1 Å². The molecule has 1 atom stereocenters. The SMILES string of the molecule is O=C(Nc1ccccc1C(O)F)Oc1ccccc1. The largest absolute Gasteiger partial charge is 0.417 e. The van der Waals surface area contributed by atoms with Crippen molar-refractivity contribution in [2.75, 3.05) is 5.32 Å². The summed E-state index contributed by atoms with van der Waals surface area (Å²) in [6, 6.07) is 14.5. The van der Waals surface area contributed by atoms with Crippen molar-refractivity contribution in [3.63, 3.8) is 0 Å². The molecule has 0 aliphatic heterocycles. The van der Waals surface area contributed by atoms with E-state index in [1.807, 2.05) is 0 Å². The van der Waals surface area contributed by atoms with Gasteiger partial charge in [0.05, 0.1) is 5.69 Å². The number of carbonyl (C=O) groups excluding carboxylic acids is 1. The van der Waals surface area contributed by atoms with Crippen molar-refractivity contribution in [3.8, 4) is 5.75 Å². The van der Waals surface area contributed by atoms with Gasteiger partial charge >= 0.3 is 6.09 Å². The van der Waals surface area contributed by atoms with E-state index in [0.717, 1.165) is 0 Å². The summed E-state index contributed by atoms with van der Waals surface area (Å²) < 4.78 is 17.9. The summed E-state index contributed by atoms with van der Waals surface area (Å²) in [6.45, 7) is 0. The minimum atomic E-state index is -2.16. The Hall–Kier alpha value is -2.40. The first-order valence-electron chi connectivity index (χ1n) is 5.62. The number of alkyl halides is 1. The third-order valence-corrected chi connectivity index (χ3v) is 2.41. The Kier molecular flexibility index (Phi) is 4.10. The molecular formula is C14H12FNO3. The van der Waals surface area contributed by atoms with Gasteiger partial charge in [-0.05, 0) is 18.2 Å². The molecule has 0 aromatic heterocycles. The lowest BCUT2D eigenvalue weighted by atomic mass is 10.2. The number of amides is 1. The van der Waals surface area contributed by atoms with Crippen molar-refractivity contribution in [3.05, 3.63) is 60.2 Å². The number of aliphatic hydroxyl groups excluding tert-OH is 1. The van der Waals surface area contributed by atoms with E-state index in [4.69, 9.17) is 9.84 Å². The summed E-state index contributed by atoms with van der Waals surface area (Å²) in [5.41, 5.74) is 0.144. The zero-order chi connectivity index (χ0) is 13.7. The Morgan fingerprint density at radius 3 is 2.42 bits per heavy atom. The molecule has 0 aliphatic rings. The molecule has 19 heavy (non-hydrogen) atoms. The highest BCUT2D eigenvalue weighted by Gasteiger charge is 2.13. The molecule has 2 aromatic carbocycles. The van der Waals surface area contributed by atoms with Crippen molar-refractivity contribution in [1.29, 1.82) is 0 Å². The zero-order valence-corrected chi connectivity index (χ0v) is 9.92. The molecule has 2 rings (SSSR count). The zero-order valence-electron chi connectivity index (χ0n) is 9.92. The maximum absolute atomic E-state index is 12.9. The molecule has 0 fully saturated rings. The van der Waals surface area contributed by atoms with Crippen LogP contribution in [0.3, 0.4) is 0 Å². The van der Waals surface area contributed by atoms with Gasteiger partial charge < -0.3 is 9.84 Å². The molecule has 0 saturated carbocycles. The van der Waals surface area contributed by atoms with Gasteiger partial charge in [0.1, 0.15) is 5.75 Å². The summed E-state index contributed by atoms with van der Waals surface area (Å²) in [7, 11) is 0. The van der Waals surface area contributed by atoms with Crippen LogP contribution in [0.5, 0.6) is 5.75 Å². The first-order chi connectivity index (χ1) is 9.16. The number of benzene rings is 2. The van der Waals surface area contributed by atoms with Crippen molar-refractivity contribution in [2.45, 2.75) is 6.36 Å². The quantitative estimate of drug-likeness (QED) is 0.891. The summed E-state index contributed by atoms with van der Waals surface area (Å²) >= 11 is 0. The van der Waals surface area contributed by atoms with Crippen LogP contribution in [-0.4, -0.2) is 11.2 Å². The van der Waals surface area contributed by atoms with Gasteiger partial charge in [-0.2, -0.15) is 0 Å². The van der Waals surface area contributed by atoms with Crippen LogP contribution in [0.1, 0.15) is 11.9 Å². The van der Waals surface area contributed by atoms with Crippen molar-refractivity contribution < 1.29 is 19.0 Å². The van der Waals surface area contributed by atoms with E-state index >= 15 is 0 Å². The Balaban J connectivity index is 2.07. The smallest absolute Gasteiger partial charge is 0.410 e. The number of hydrogen-bond acceptors (Lipinski definition) is 3. The first-order valence-corrected chi connectivity index (χ1v) is 5.62. The van der Waals surface area contributed by atoms with E-state index in [2.05, 4.69) is 5.32 Å². The number of ether oxygens (including phenoxy) is 1. The molecule has 0 heterocycles. The molecule has 0 aliphatic carbocycles. The Morgan fingerprint density at radius 2 is 1.74 bits per heavy atom. The minimum Gasteiger partial charge on any atom is -0.410 e. The first kappa shape index (κ1) is 13.0. The number of para-hydroxylation sites is 2. The van der Waals surface area contributed by atoms with Gasteiger partial charge in [0.15, 0.2) is 0 Å². The summed E-state index contributed by atoms with van der Waals surface area (Å²) in [6.07, 6.45) is -2.91. The minimum absolute atomic E-state index is 0.0208. The standard InChI is InChI=1S/C14H12FNO3/c15-13(17)11-8-4-5-9-12(11)16-14(18)19-10-6-2-1-3-7-10/h1-9,13,17H,(H,16,18). The average Bonchev–Trinajstić information content (AvgIpc) is 2.40. The summed E-state index contributed by atoms with van der Waals surface area (Å²) in [4.78, 5) is 11.6.